The summed E-state index contributed by atoms with van der Waals surface area (Å²) in [5.41, 5.74) is -0.587. The first-order valence-corrected chi connectivity index (χ1v) is 12.8. The Balaban J connectivity index is 1.47. The zero-order valence-electron chi connectivity index (χ0n) is 22.6. The highest BCUT2D eigenvalue weighted by molar-refractivity contribution is 5.77. The first-order valence-electron chi connectivity index (χ1n) is 12.8. The summed E-state index contributed by atoms with van der Waals surface area (Å²) in [6, 6.07) is 10.6. The lowest BCUT2D eigenvalue weighted by Crippen LogP contribution is -2.52. The Morgan fingerprint density at radius 1 is 1.05 bits per heavy atom. The number of halogens is 2. The molecule has 4 rings (SSSR count). The first kappa shape index (κ1) is 29.2. The summed E-state index contributed by atoms with van der Waals surface area (Å²) in [7, 11) is 3.00. The van der Waals surface area contributed by atoms with E-state index in [0.717, 1.165) is 17.7 Å². The summed E-state index contributed by atoms with van der Waals surface area (Å²) < 4.78 is 50.9. The van der Waals surface area contributed by atoms with Crippen LogP contribution in [0.5, 0.6) is 17.2 Å². The number of carbonyl (C=O) groups is 1. The second kappa shape index (κ2) is 13.6. The Morgan fingerprint density at radius 2 is 1.90 bits per heavy atom. The molecule has 216 valence electrons. The Hall–Kier alpha value is -3.74. The lowest BCUT2D eigenvalue weighted by Gasteiger charge is -2.33. The lowest BCUT2D eigenvalue weighted by molar-refractivity contribution is -0.138. The molecular weight excluding hydrogens is 526 g/mol. The minimum Gasteiger partial charge on any atom is -0.493 e. The van der Waals surface area contributed by atoms with Gasteiger partial charge in [0.1, 0.15) is 31.2 Å². The van der Waals surface area contributed by atoms with E-state index in [2.05, 4.69) is 5.10 Å². The highest BCUT2D eigenvalue weighted by Gasteiger charge is 2.37. The van der Waals surface area contributed by atoms with Crippen molar-refractivity contribution in [2.24, 2.45) is 0 Å². The molecule has 0 aliphatic carbocycles. The minimum atomic E-state index is -1.50. The fourth-order valence-electron chi connectivity index (χ4n) is 4.55. The number of hydrogen-bond donors (Lipinski definition) is 1. The molecule has 0 bridgehead atoms. The summed E-state index contributed by atoms with van der Waals surface area (Å²) in [6.07, 6.45) is 3.56. The maximum absolute atomic E-state index is 13.7. The van der Waals surface area contributed by atoms with Gasteiger partial charge in [0.2, 0.25) is 5.91 Å². The van der Waals surface area contributed by atoms with Gasteiger partial charge in [0, 0.05) is 51.7 Å². The molecule has 1 atom stereocenters. The van der Waals surface area contributed by atoms with Crippen molar-refractivity contribution in [3.8, 4) is 17.2 Å². The molecule has 2 aromatic carbocycles. The Bertz CT molecular complexity index is 1260. The van der Waals surface area contributed by atoms with Crippen molar-refractivity contribution in [2.45, 2.75) is 18.7 Å². The smallest absolute Gasteiger partial charge is 0.248 e. The maximum Gasteiger partial charge on any atom is 0.248 e. The minimum absolute atomic E-state index is 0.0141. The number of hydrogen-bond acceptors (Lipinski definition) is 8. The zero-order chi connectivity index (χ0) is 28.5. The third-order valence-corrected chi connectivity index (χ3v) is 6.48. The lowest BCUT2D eigenvalue weighted by atomic mass is 10.0. The average molecular weight is 561 g/mol. The molecule has 1 aliphatic rings. The van der Waals surface area contributed by atoms with Crippen molar-refractivity contribution < 1.29 is 37.6 Å². The number of nitrogens with zero attached hydrogens (tertiary/aromatic N) is 4. The second-order valence-electron chi connectivity index (χ2n) is 9.65. The fourth-order valence-corrected chi connectivity index (χ4v) is 4.55. The molecule has 1 saturated heterocycles. The highest BCUT2D eigenvalue weighted by atomic mass is 19.2. The predicted molar refractivity (Wildman–Crippen MR) is 141 cm³/mol. The van der Waals surface area contributed by atoms with Crippen LogP contribution < -0.4 is 14.2 Å². The van der Waals surface area contributed by atoms with Crippen LogP contribution in [-0.4, -0.2) is 96.4 Å². The van der Waals surface area contributed by atoms with Gasteiger partial charge in [-0.1, -0.05) is 6.07 Å². The van der Waals surface area contributed by atoms with Gasteiger partial charge in [-0.05, 0) is 35.9 Å². The van der Waals surface area contributed by atoms with Crippen LogP contribution in [-0.2, 0) is 22.6 Å². The predicted octanol–water partition coefficient (Wildman–Crippen LogP) is 2.35. The molecule has 40 heavy (non-hydrogen) atoms. The van der Waals surface area contributed by atoms with Crippen molar-refractivity contribution in [3.63, 3.8) is 0 Å². The molecule has 0 unspecified atom stereocenters. The van der Waals surface area contributed by atoms with Gasteiger partial charge in [-0.25, -0.2) is 8.78 Å². The van der Waals surface area contributed by atoms with Gasteiger partial charge in [0.05, 0.1) is 20.2 Å². The van der Waals surface area contributed by atoms with E-state index in [9.17, 15) is 18.7 Å². The number of carbonyl (C=O) groups excluding carboxylic acids is 1. The number of methoxy groups -OCH3 is 2. The van der Waals surface area contributed by atoms with Gasteiger partial charge in [-0.15, -0.1) is 0 Å². The van der Waals surface area contributed by atoms with Crippen LogP contribution in [0.3, 0.4) is 0 Å². The van der Waals surface area contributed by atoms with Gasteiger partial charge in [-0.2, -0.15) is 5.10 Å². The van der Waals surface area contributed by atoms with Crippen LogP contribution >= 0.6 is 0 Å². The van der Waals surface area contributed by atoms with Gasteiger partial charge < -0.3 is 29.0 Å². The Labute approximate surface area is 231 Å². The van der Waals surface area contributed by atoms with Gasteiger partial charge in [-0.3, -0.25) is 14.4 Å². The second-order valence-corrected chi connectivity index (χ2v) is 9.65. The quantitative estimate of drug-likeness (QED) is 0.361. The molecule has 1 aliphatic heterocycles. The molecule has 0 radical (unpaired) electrons. The number of β-amino-alcohol motifs (C(OH)–C–C–N with tert-alkyl or cyclic N) is 1. The standard InChI is InChI=1S/C28H34F2N4O6/c1-37-17-27(35)33-11-10-32(18-28(36,19-33)20-40-22-5-6-23(29)24(30)15-22)16-21-4-7-25(38-2)26(14-21)39-13-12-34-9-3-8-31-34/h3-9,14-15,36H,10-13,16-20H2,1-2H3/t28-/m1/s1. The molecule has 1 amide bonds. The molecular formula is C28H34F2N4O6. The van der Waals surface area contributed by atoms with E-state index in [4.69, 9.17) is 18.9 Å². The molecule has 2 heterocycles. The van der Waals surface area contributed by atoms with E-state index in [1.807, 2.05) is 35.4 Å². The number of rotatable bonds is 12. The van der Waals surface area contributed by atoms with Crippen molar-refractivity contribution in [2.75, 3.05) is 60.2 Å². The van der Waals surface area contributed by atoms with Crippen LogP contribution in [0.25, 0.3) is 0 Å². The number of amides is 1. The highest BCUT2D eigenvalue weighted by Crippen LogP contribution is 2.29. The van der Waals surface area contributed by atoms with Gasteiger partial charge in [0.25, 0.3) is 0 Å². The summed E-state index contributed by atoms with van der Waals surface area (Å²) >= 11 is 0. The molecule has 1 fully saturated rings. The normalized spacial score (nSPS) is 17.9. The van der Waals surface area contributed by atoms with Crippen molar-refractivity contribution in [1.82, 2.24) is 19.6 Å². The van der Waals surface area contributed by atoms with E-state index < -0.39 is 17.2 Å². The zero-order valence-corrected chi connectivity index (χ0v) is 22.6. The number of benzene rings is 2. The van der Waals surface area contributed by atoms with E-state index in [1.54, 1.807) is 18.0 Å². The Kier molecular flexibility index (Phi) is 9.91. The molecule has 1 aromatic heterocycles. The van der Waals surface area contributed by atoms with E-state index in [0.29, 0.717) is 44.3 Å². The van der Waals surface area contributed by atoms with E-state index >= 15 is 0 Å². The maximum atomic E-state index is 13.7. The summed E-state index contributed by atoms with van der Waals surface area (Å²) in [5, 5.41) is 15.8. The number of aliphatic hydroxyl groups is 1. The fraction of sp³-hybridized carbons (Fsp3) is 0.429. The van der Waals surface area contributed by atoms with E-state index in [-0.39, 0.29) is 38.0 Å². The SMILES string of the molecule is COCC(=O)N1CCN(Cc2ccc(OC)c(OCCn3cccn3)c2)C[C@](O)(COc2ccc(F)c(F)c2)C1. The van der Waals surface area contributed by atoms with Crippen LogP contribution in [0.2, 0.25) is 0 Å². The topological polar surface area (TPSA) is 98.5 Å². The third-order valence-electron chi connectivity index (χ3n) is 6.48. The number of ether oxygens (including phenoxy) is 4. The first-order chi connectivity index (χ1) is 19.3. The van der Waals surface area contributed by atoms with Crippen LogP contribution in [0, 0.1) is 11.6 Å². The molecule has 10 nitrogen and oxygen atoms in total. The average Bonchev–Trinajstić information content (AvgIpc) is 3.39. The summed E-state index contributed by atoms with van der Waals surface area (Å²) in [5.74, 6) is -1.07. The molecule has 0 spiro atoms. The Morgan fingerprint density at radius 3 is 2.62 bits per heavy atom. The van der Waals surface area contributed by atoms with Crippen molar-refractivity contribution in [1.29, 1.82) is 0 Å². The van der Waals surface area contributed by atoms with E-state index in [1.165, 1.54) is 18.1 Å². The van der Waals surface area contributed by atoms with Crippen LogP contribution in [0.4, 0.5) is 8.78 Å². The van der Waals surface area contributed by atoms with Gasteiger partial charge >= 0.3 is 0 Å². The van der Waals surface area contributed by atoms with Crippen molar-refractivity contribution >= 4 is 5.91 Å². The summed E-state index contributed by atoms with van der Waals surface area (Å²) in [6.45, 7) is 2.02. The largest absolute Gasteiger partial charge is 0.493 e. The monoisotopic (exact) mass is 560 g/mol. The summed E-state index contributed by atoms with van der Waals surface area (Å²) in [4.78, 5) is 16.2. The molecule has 12 heteroatoms. The van der Waals surface area contributed by atoms with Crippen LogP contribution in [0.1, 0.15) is 5.56 Å². The van der Waals surface area contributed by atoms with Gasteiger partial charge in [0.15, 0.2) is 23.1 Å². The third kappa shape index (κ3) is 7.90. The molecule has 3 aromatic rings. The van der Waals surface area contributed by atoms with Crippen LogP contribution in [0.15, 0.2) is 54.9 Å². The number of aromatic nitrogens is 2. The van der Waals surface area contributed by atoms with Crippen molar-refractivity contribution in [3.05, 3.63) is 72.1 Å². The molecule has 1 N–H and O–H groups in total. The molecule has 0 saturated carbocycles.